The summed E-state index contributed by atoms with van der Waals surface area (Å²) >= 11 is 1.60. The maximum atomic E-state index is 11.0. The van der Waals surface area contributed by atoms with Gasteiger partial charge in [-0.05, 0) is 37.5 Å². The Morgan fingerprint density at radius 2 is 1.82 bits per heavy atom. The first-order valence-electron chi connectivity index (χ1n) is 5.79. The van der Waals surface area contributed by atoms with Gasteiger partial charge in [-0.2, -0.15) is 0 Å². The minimum absolute atomic E-state index is 0.532. The molecule has 0 aromatic heterocycles. The molecule has 0 atom stereocenters. The van der Waals surface area contributed by atoms with E-state index in [-0.39, 0.29) is 0 Å². The Labute approximate surface area is 107 Å². The molecule has 1 rings (SSSR count). The molecule has 0 spiro atoms. The van der Waals surface area contributed by atoms with Crippen LogP contribution in [0.2, 0.25) is 0 Å². The highest BCUT2D eigenvalue weighted by Gasteiger charge is 2.26. The Kier molecular flexibility index (Phi) is 4.63. The summed E-state index contributed by atoms with van der Waals surface area (Å²) in [7, 11) is 0. The number of carbonyl (C=O) groups is 1. The van der Waals surface area contributed by atoms with Crippen LogP contribution in [0.3, 0.4) is 0 Å². The molecule has 0 amide bonds. The van der Waals surface area contributed by atoms with Gasteiger partial charge in [0.05, 0.1) is 5.41 Å². The smallest absolute Gasteiger partial charge is 0.309 e. The van der Waals surface area contributed by atoms with E-state index >= 15 is 0 Å². The molecule has 2 nitrogen and oxygen atoms in total. The molecular formula is C14H20O2S. The van der Waals surface area contributed by atoms with E-state index in [1.807, 2.05) is 0 Å². The van der Waals surface area contributed by atoms with Gasteiger partial charge in [0.2, 0.25) is 0 Å². The fourth-order valence-electron chi connectivity index (χ4n) is 1.27. The van der Waals surface area contributed by atoms with Gasteiger partial charge in [-0.1, -0.05) is 26.0 Å². The van der Waals surface area contributed by atoms with Crippen LogP contribution >= 0.6 is 11.8 Å². The molecule has 0 aliphatic heterocycles. The average Bonchev–Trinajstić information content (AvgIpc) is 2.27. The second-order valence-electron chi connectivity index (χ2n) is 5.20. The summed E-state index contributed by atoms with van der Waals surface area (Å²) in [4.78, 5) is 12.1. The number of thioether (sulfide) groups is 1. The number of rotatable bonds is 5. The highest BCUT2D eigenvalue weighted by atomic mass is 32.2. The molecule has 0 radical (unpaired) electrons. The molecular weight excluding hydrogens is 232 g/mol. The first-order chi connectivity index (χ1) is 7.83. The zero-order chi connectivity index (χ0) is 13.1. The standard InChI is InChI=1S/C14H20O2S/c1-10(2)11-5-7-12(8-6-11)17-9-14(3,4)13(15)16/h5-8,10H,9H2,1-4H3,(H,15,16). The number of carboxylic acids is 1. The van der Waals surface area contributed by atoms with Gasteiger partial charge in [0, 0.05) is 10.6 Å². The van der Waals surface area contributed by atoms with Crippen molar-refractivity contribution in [2.75, 3.05) is 5.75 Å². The number of carboxylic acid groups (broad SMARTS) is 1. The van der Waals surface area contributed by atoms with Crippen molar-refractivity contribution in [1.29, 1.82) is 0 Å². The summed E-state index contributed by atoms with van der Waals surface area (Å²) in [6.07, 6.45) is 0. The molecule has 1 aromatic rings. The Balaban J connectivity index is 2.62. The third-order valence-corrected chi connectivity index (χ3v) is 4.20. The molecule has 0 bridgehead atoms. The van der Waals surface area contributed by atoms with Crippen LogP contribution in [0.25, 0.3) is 0 Å². The fraction of sp³-hybridized carbons (Fsp3) is 0.500. The molecule has 0 saturated carbocycles. The molecule has 0 aliphatic rings. The molecule has 1 aromatic carbocycles. The van der Waals surface area contributed by atoms with E-state index in [1.54, 1.807) is 25.6 Å². The van der Waals surface area contributed by atoms with E-state index in [4.69, 9.17) is 5.11 Å². The van der Waals surface area contributed by atoms with Gasteiger partial charge in [0.25, 0.3) is 0 Å². The van der Waals surface area contributed by atoms with E-state index in [2.05, 4.69) is 38.1 Å². The number of hydrogen-bond donors (Lipinski definition) is 1. The van der Waals surface area contributed by atoms with Crippen molar-refractivity contribution in [3.8, 4) is 0 Å². The Hall–Kier alpha value is -0.960. The van der Waals surface area contributed by atoms with Gasteiger partial charge in [0.15, 0.2) is 0 Å². The first kappa shape index (κ1) is 14.1. The second kappa shape index (κ2) is 5.58. The lowest BCUT2D eigenvalue weighted by atomic mass is 9.97. The van der Waals surface area contributed by atoms with Crippen LogP contribution in [0.1, 0.15) is 39.2 Å². The van der Waals surface area contributed by atoms with Crippen LogP contribution in [-0.4, -0.2) is 16.8 Å². The van der Waals surface area contributed by atoms with Crippen LogP contribution < -0.4 is 0 Å². The van der Waals surface area contributed by atoms with E-state index in [0.717, 1.165) is 4.90 Å². The Morgan fingerprint density at radius 3 is 2.24 bits per heavy atom. The highest BCUT2D eigenvalue weighted by Crippen LogP contribution is 2.28. The van der Waals surface area contributed by atoms with E-state index in [1.165, 1.54) is 5.56 Å². The van der Waals surface area contributed by atoms with Crippen molar-refractivity contribution < 1.29 is 9.90 Å². The van der Waals surface area contributed by atoms with Crippen molar-refractivity contribution in [3.63, 3.8) is 0 Å². The second-order valence-corrected chi connectivity index (χ2v) is 6.25. The largest absolute Gasteiger partial charge is 0.481 e. The van der Waals surface area contributed by atoms with Crippen molar-refractivity contribution >= 4 is 17.7 Å². The molecule has 3 heteroatoms. The van der Waals surface area contributed by atoms with Crippen LogP contribution in [0.5, 0.6) is 0 Å². The van der Waals surface area contributed by atoms with Crippen molar-refractivity contribution in [1.82, 2.24) is 0 Å². The molecule has 0 saturated heterocycles. The maximum Gasteiger partial charge on any atom is 0.309 e. The van der Waals surface area contributed by atoms with Gasteiger partial charge >= 0.3 is 5.97 Å². The van der Waals surface area contributed by atoms with Gasteiger partial charge in [-0.25, -0.2) is 0 Å². The molecule has 0 fully saturated rings. The molecule has 1 N–H and O–H groups in total. The third-order valence-electron chi connectivity index (χ3n) is 2.73. The number of hydrogen-bond acceptors (Lipinski definition) is 2. The van der Waals surface area contributed by atoms with E-state index in [0.29, 0.717) is 11.7 Å². The molecule has 17 heavy (non-hydrogen) atoms. The summed E-state index contributed by atoms with van der Waals surface area (Å²) in [5.41, 5.74) is 0.633. The lowest BCUT2D eigenvalue weighted by Crippen LogP contribution is -2.26. The lowest BCUT2D eigenvalue weighted by Gasteiger charge is -2.18. The van der Waals surface area contributed by atoms with Crippen LogP contribution in [0, 0.1) is 5.41 Å². The highest BCUT2D eigenvalue weighted by molar-refractivity contribution is 7.99. The molecule has 0 aliphatic carbocycles. The summed E-state index contributed by atoms with van der Waals surface area (Å²) < 4.78 is 0. The minimum Gasteiger partial charge on any atom is -0.481 e. The molecule has 0 unspecified atom stereocenters. The van der Waals surface area contributed by atoms with Crippen molar-refractivity contribution in [2.45, 2.75) is 38.5 Å². The van der Waals surface area contributed by atoms with Gasteiger partial charge in [-0.15, -0.1) is 11.8 Å². The van der Waals surface area contributed by atoms with E-state index < -0.39 is 11.4 Å². The average molecular weight is 252 g/mol. The van der Waals surface area contributed by atoms with Gasteiger partial charge < -0.3 is 5.11 Å². The van der Waals surface area contributed by atoms with E-state index in [9.17, 15) is 4.79 Å². The number of aliphatic carboxylic acids is 1. The summed E-state index contributed by atoms with van der Waals surface area (Å²) in [5.74, 6) is 0.372. The summed E-state index contributed by atoms with van der Waals surface area (Å²) in [6.45, 7) is 7.83. The topological polar surface area (TPSA) is 37.3 Å². The van der Waals surface area contributed by atoms with Gasteiger partial charge in [0.1, 0.15) is 0 Å². The predicted molar refractivity (Wildman–Crippen MR) is 72.7 cm³/mol. The fourth-order valence-corrected chi connectivity index (χ4v) is 2.25. The quantitative estimate of drug-likeness (QED) is 0.804. The zero-order valence-electron chi connectivity index (χ0n) is 10.9. The van der Waals surface area contributed by atoms with Gasteiger partial charge in [-0.3, -0.25) is 4.79 Å². The number of benzene rings is 1. The SMILES string of the molecule is CC(C)c1ccc(SCC(C)(C)C(=O)O)cc1. The van der Waals surface area contributed by atoms with Crippen molar-refractivity contribution in [2.24, 2.45) is 5.41 Å². The van der Waals surface area contributed by atoms with Crippen LogP contribution in [0.4, 0.5) is 0 Å². The summed E-state index contributed by atoms with van der Waals surface area (Å²) in [5, 5.41) is 9.02. The molecule has 94 valence electrons. The predicted octanol–water partition coefficient (Wildman–Crippen LogP) is 4.01. The lowest BCUT2D eigenvalue weighted by molar-refractivity contribution is -0.145. The minimum atomic E-state index is -0.746. The Bertz CT molecular complexity index is 380. The van der Waals surface area contributed by atoms with Crippen LogP contribution in [-0.2, 0) is 4.79 Å². The summed E-state index contributed by atoms with van der Waals surface area (Å²) in [6, 6.07) is 8.36. The first-order valence-corrected chi connectivity index (χ1v) is 6.77. The zero-order valence-corrected chi connectivity index (χ0v) is 11.7. The normalized spacial score (nSPS) is 11.8. The third kappa shape index (κ3) is 4.08. The Morgan fingerprint density at radius 1 is 1.29 bits per heavy atom. The van der Waals surface area contributed by atoms with Crippen molar-refractivity contribution in [3.05, 3.63) is 29.8 Å². The molecule has 0 heterocycles. The monoisotopic (exact) mass is 252 g/mol. The maximum absolute atomic E-state index is 11.0. The van der Waals surface area contributed by atoms with Crippen LogP contribution in [0.15, 0.2) is 29.2 Å².